The summed E-state index contributed by atoms with van der Waals surface area (Å²) in [5.74, 6) is -1.69. The van der Waals surface area contributed by atoms with Gasteiger partial charge in [0.15, 0.2) is 0 Å². The Morgan fingerprint density at radius 1 is 1.37 bits per heavy atom. The summed E-state index contributed by atoms with van der Waals surface area (Å²) in [6, 6.07) is 2.16. The van der Waals surface area contributed by atoms with Crippen LogP contribution >= 0.6 is 12.4 Å². The molecular formula is C11H15ClF2N2O2S. The van der Waals surface area contributed by atoms with E-state index in [9.17, 15) is 17.2 Å². The lowest BCUT2D eigenvalue weighted by Crippen LogP contribution is -2.52. The number of hydrogen-bond acceptors (Lipinski definition) is 3. The molecule has 0 bridgehead atoms. The van der Waals surface area contributed by atoms with Crippen LogP contribution in [0.2, 0.25) is 0 Å². The van der Waals surface area contributed by atoms with Crippen LogP contribution in [0.25, 0.3) is 0 Å². The zero-order valence-electron chi connectivity index (χ0n) is 10.3. The molecule has 19 heavy (non-hydrogen) atoms. The third-order valence-electron chi connectivity index (χ3n) is 2.92. The third kappa shape index (κ3) is 3.22. The zero-order valence-corrected chi connectivity index (χ0v) is 11.9. The first-order chi connectivity index (χ1) is 8.43. The molecule has 0 radical (unpaired) electrons. The number of hydrogen-bond donors (Lipinski definition) is 1. The van der Waals surface area contributed by atoms with Crippen molar-refractivity contribution in [2.45, 2.75) is 17.9 Å². The number of nitrogens with zero attached hydrogens (tertiary/aromatic N) is 1. The Morgan fingerprint density at radius 2 is 2.05 bits per heavy atom. The second-order valence-electron chi connectivity index (χ2n) is 4.24. The van der Waals surface area contributed by atoms with Gasteiger partial charge in [0.1, 0.15) is 16.5 Å². The molecule has 1 aliphatic heterocycles. The van der Waals surface area contributed by atoms with Gasteiger partial charge in [0.05, 0.1) is 0 Å². The first-order valence-corrected chi connectivity index (χ1v) is 7.04. The van der Waals surface area contributed by atoms with Crippen molar-refractivity contribution in [2.75, 3.05) is 19.6 Å². The van der Waals surface area contributed by atoms with Crippen LogP contribution in [0.1, 0.15) is 6.92 Å². The molecule has 0 unspecified atom stereocenters. The summed E-state index contributed by atoms with van der Waals surface area (Å²) < 4.78 is 52.4. The average molecular weight is 313 g/mol. The SMILES string of the molecule is C[C@H]1CNCCN1S(=O)(=O)c1cc(F)ccc1F.Cl. The van der Waals surface area contributed by atoms with Gasteiger partial charge in [-0.25, -0.2) is 17.2 Å². The second kappa shape index (κ2) is 6.13. The monoisotopic (exact) mass is 312 g/mol. The lowest BCUT2D eigenvalue weighted by atomic mass is 10.3. The van der Waals surface area contributed by atoms with Crippen LogP contribution in [-0.2, 0) is 10.0 Å². The standard InChI is InChI=1S/C11H14F2N2O2S.ClH/c1-8-7-14-4-5-15(8)18(16,17)11-6-9(12)2-3-10(11)13;/h2-3,6,8,14H,4-5,7H2,1H3;1H/t8-;/m0./s1. The third-order valence-corrected chi connectivity index (χ3v) is 4.95. The summed E-state index contributed by atoms with van der Waals surface area (Å²) in [5, 5.41) is 3.04. The van der Waals surface area contributed by atoms with Crippen molar-refractivity contribution in [3.05, 3.63) is 29.8 Å². The molecule has 4 nitrogen and oxygen atoms in total. The summed E-state index contributed by atoms with van der Waals surface area (Å²) in [4.78, 5) is -0.601. The van der Waals surface area contributed by atoms with E-state index in [2.05, 4.69) is 5.32 Å². The number of rotatable bonds is 2. The number of sulfonamides is 1. The highest BCUT2D eigenvalue weighted by Gasteiger charge is 2.33. The molecule has 1 aromatic carbocycles. The molecule has 0 aliphatic carbocycles. The first kappa shape index (κ1) is 16.3. The summed E-state index contributed by atoms with van der Waals surface area (Å²) in [6.07, 6.45) is 0. The molecule has 1 fully saturated rings. The fourth-order valence-electron chi connectivity index (χ4n) is 1.98. The van der Waals surface area contributed by atoms with Gasteiger partial charge in [-0.2, -0.15) is 4.31 Å². The second-order valence-corrected chi connectivity index (χ2v) is 6.10. The topological polar surface area (TPSA) is 49.4 Å². The molecule has 108 valence electrons. The molecular weight excluding hydrogens is 298 g/mol. The first-order valence-electron chi connectivity index (χ1n) is 5.60. The smallest absolute Gasteiger partial charge is 0.246 e. The summed E-state index contributed by atoms with van der Waals surface area (Å²) in [5.41, 5.74) is 0. The van der Waals surface area contributed by atoms with Gasteiger partial charge in [-0.05, 0) is 25.1 Å². The number of nitrogens with one attached hydrogen (secondary N) is 1. The zero-order chi connectivity index (χ0) is 13.3. The molecule has 0 saturated carbocycles. The lowest BCUT2D eigenvalue weighted by molar-refractivity contribution is 0.282. The van der Waals surface area contributed by atoms with Gasteiger partial charge in [0.2, 0.25) is 10.0 Å². The fraction of sp³-hybridized carbons (Fsp3) is 0.455. The van der Waals surface area contributed by atoms with E-state index < -0.39 is 26.6 Å². The van der Waals surface area contributed by atoms with E-state index in [1.807, 2.05) is 0 Å². The van der Waals surface area contributed by atoms with Crippen molar-refractivity contribution in [1.29, 1.82) is 0 Å². The van der Waals surface area contributed by atoms with Gasteiger partial charge in [-0.15, -0.1) is 12.4 Å². The van der Waals surface area contributed by atoms with Gasteiger partial charge >= 0.3 is 0 Å². The van der Waals surface area contributed by atoms with Gasteiger partial charge in [0.25, 0.3) is 0 Å². The van der Waals surface area contributed by atoms with Crippen molar-refractivity contribution in [3.8, 4) is 0 Å². The van der Waals surface area contributed by atoms with E-state index in [-0.39, 0.29) is 25.0 Å². The maximum absolute atomic E-state index is 13.6. The maximum Gasteiger partial charge on any atom is 0.246 e. The van der Waals surface area contributed by atoms with Crippen LogP contribution < -0.4 is 5.32 Å². The molecule has 0 amide bonds. The molecule has 0 aromatic heterocycles. The van der Waals surface area contributed by atoms with Gasteiger partial charge in [0, 0.05) is 25.7 Å². The Hall–Kier alpha value is -0.760. The van der Waals surface area contributed by atoms with Crippen LogP contribution in [0.3, 0.4) is 0 Å². The normalized spacial score (nSPS) is 20.9. The van der Waals surface area contributed by atoms with Crippen molar-refractivity contribution in [3.63, 3.8) is 0 Å². The summed E-state index contributed by atoms with van der Waals surface area (Å²) in [6.45, 7) is 2.97. The molecule has 1 saturated heterocycles. The Balaban J connectivity index is 0.00000180. The van der Waals surface area contributed by atoms with Crippen LogP contribution in [0, 0.1) is 11.6 Å². The van der Waals surface area contributed by atoms with Crippen LogP contribution in [0.15, 0.2) is 23.1 Å². The maximum atomic E-state index is 13.6. The molecule has 1 aliphatic rings. The van der Waals surface area contributed by atoms with Crippen molar-refractivity contribution in [1.82, 2.24) is 9.62 Å². The van der Waals surface area contributed by atoms with Crippen LogP contribution in [-0.4, -0.2) is 38.4 Å². The molecule has 1 atom stereocenters. The van der Waals surface area contributed by atoms with E-state index in [0.29, 0.717) is 13.1 Å². The highest BCUT2D eigenvalue weighted by molar-refractivity contribution is 7.89. The average Bonchev–Trinajstić information content (AvgIpc) is 2.32. The molecule has 1 heterocycles. The molecule has 2 rings (SSSR count). The minimum Gasteiger partial charge on any atom is -0.314 e. The Morgan fingerprint density at radius 3 is 2.68 bits per heavy atom. The van der Waals surface area contributed by atoms with Crippen LogP contribution in [0.4, 0.5) is 8.78 Å². The van der Waals surface area contributed by atoms with Gasteiger partial charge in [-0.1, -0.05) is 0 Å². The van der Waals surface area contributed by atoms with Crippen LogP contribution in [0.5, 0.6) is 0 Å². The minimum absolute atomic E-state index is 0. The predicted molar refractivity (Wildman–Crippen MR) is 69.8 cm³/mol. The van der Waals surface area contributed by atoms with Gasteiger partial charge < -0.3 is 5.32 Å². The van der Waals surface area contributed by atoms with Crippen molar-refractivity contribution in [2.24, 2.45) is 0 Å². The highest BCUT2D eigenvalue weighted by atomic mass is 35.5. The number of benzene rings is 1. The summed E-state index contributed by atoms with van der Waals surface area (Å²) in [7, 11) is -3.99. The lowest BCUT2D eigenvalue weighted by Gasteiger charge is -2.32. The van der Waals surface area contributed by atoms with E-state index in [1.54, 1.807) is 6.92 Å². The number of piperazine rings is 1. The van der Waals surface area contributed by atoms with Crippen molar-refractivity contribution >= 4 is 22.4 Å². The molecule has 1 aromatic rings. The molecule has 8 heteroatoms. The fourth-order valence-corrected chi connectivity index (χ4v) is 3.69. The molecule has 0 spiro atoms. The Kier molecular flexibility index (Phi) is 5.26. The number of halogens is 3. The van der Waals surface area contributed by atoms with E-state index in [4.69, 9.17) is 0 Å². The quantitative estimate of drug-likeness (QED) is 0.897. The van der Waals surface area contributed by atoms with E-state index >= 15 is 0 Å². The Labute approximate surface area is 117 Å². The predicted octanol–water partition coefficient (Wildman–Crippen LogP) is 1.37. The van der Waals surface area contributed by atoms with Crippen molar-refractivity contribution < 1.29 is 17.2 Å². The van der Waals surface area contributed by atoms with E-state index in [1.165, 1.54) is 4.31 Å². The van der Waals surface area contributed by atoms with E-state index in [0.717, 1.165) is 18.2 Å². The minimum atomic E-state index is -3.99. The molecule has 1 N–H and O–H groups in total. The largest absolute Gasteiger partial charge is 0.314 e. The highest BCUT2D eigenvalue weighted by Crippen LogP contribution is 2.22. The Bertz CT molecular complexity index is 554. The summed E-state index contributed by atoms with van der Waals surface area (Å²) >= 11 is 0. The van der Waals surface area contributed by atoms with Gasteiger partial charge in [-0.3, -0.25) is 0 Å².